The number of hydrogen-bond acceptors (Lipinski definition) is 3. The smallest absolute Gasteiger partial charge is 0.342 e. The third kappa shape index (κ3) is 3.52. The van der Waals surface area contributed by atoms with Crippen LogP contribution in [0.4, 0.5) is 0 Å². The van der Waals surface area contributed by atoms with E-state index in [0.29, 0.717) is 0 Å². The van der Waals surface area contributed by atoms with E-state index in [1.54, 1.807) is 0 Å². The number of benzene rings is 3. The fourth-order valence-electron chi connectivity index (χ4n) is 2.80. The zero-order chi connectivity index (χ0) is 17.5. The highest BCUT2D eigenvalue weighted by Crippen LogP contribution is 2.48. The summed E-state index contributed by atoms with van der Waals surface area (Å²) in [5, 5.41) is 0. The molecule has 124 valence electrons. The van der Waals surface area contributed by atoms with Gasteiger partial charge in [-0.25, -0.2) is 4.79 Å². The Bertz CT molecular complexity index is 733. The van der Waals surface area contributed by atoms with E-state index in [4.69, 9.17) is 4.18 Å². The van der Waals surface area contributed by atoms with Gasteiger partial charge in [0.25, 0.3) is 0 Å². The summed E-state index contributed by atoms with van der Waals surface area (Å²) in [4.78, 5) is 11.8. The second-order valence-electron chi connectivity index (χ2n) is 5.47. The summed E-state index contributed by atoms with van der Waals surface area (Å²) < 4.78 is 4.82. The van der Waals surface area contributed by atoms with E-state index in [9.17, 15) is 4.79 Å². The zero-order valence-corrected chi connectivity index (χ0v) is 14.5. The van der Waals surface area contributed by atoms with Gasteiger partial charge in [-0.1, -0.05) is 97.6 Å². The van der Waals surface area contributed by atoms with Gasteiger partial charge in [-0.15, -0.1) is 0 Å². The van der Waals surface area contributed by atoms with E-state index in [-0.39, 0.29) is 0 Å². The highest BCUT2D eigenvalue weighted by molar-refractivity contribution is 7.96. The van der Waals surface area contributed by atoms with Crippen LogP contribution in [0.3, 0.4) is 0 Å². The van der Waals surface area contributed by atoms with Crippen LogP contribution in [0.1, 0.15) is 16.7 Å². The summed E-state index contributed by atoms with van der Waals surface area (Å²) in [5.74, 6) is -0.461. The van der Waals surface area contributed by atoms with Crippen molar-refractivity contribution in [2.75, 3.05) is 0 Å². The molecular formula is C22H18O2S. The molecular weight excluding hydrogens is 328 g/mol. The molecule has 3 aromatic carbocycles. The summed E-state index contributed by atoms with van der Waals surface area (Å²) in [6.07, 6.45) is 1.18. The second-order valence-corrected chi connectivity index (χ2v) is 6.41. The molecule has 0 amide bonds. The Labute approximate surface area is 152 Å². The van der Waals surface area contributed by atoms with Gasteiger partial charge in [0.1, 0.15) is 4.75 Å². The largest absolute Gasteiger partial charge is 0.387 e. The van der Waals surface area contributed by atoms with Gasteiger partial charge in [0, 0.05) is 6.08 Å². The monoisotopic (exact) mass is 346 g/mol. The van der Waals surface area contributed by atoms with Crippen molar-refractivity contribution in [2.24, 2.45) is 0 Å². The van der Waals surface area contributed by atoms with Crippen molar-refractivity contribution < 1.29 is 8.98 Å². The molecule has 0 spiro atoms. The van der Waals surface area contributed by atoms with Crippen molar-refractivity contribution >= 4 is 18.0 Å². The van der Waals surface area contributed by atoms with Crippen LogP contribution in [0.15, 0.2) is 104 Å². The Hall–Kier alpha value is -2.78. The molecule has 0 heterocycles. The van der Waals surface area contributed by atoms with Crippen LogP contribution >= 0.6 is 12.0 Å². The average molecular weight is 346 g/mol. The minimum atomic E-state index is -0.664. The molecule has 3 rings (SSSR count). The normalized spacial score (nSPS) is 10.9. The van der Waals surface area contributed by atoms with Crippen LogP contribution in [0.2, 0.25) is 0 Å². The molecule has 0 aliphatic carbocycles. The van der Waals surface area contributed by atoms with Crippen molar-refractivity contribution in [2.45, 2.75) is 4.75 Å². The van der Waals surface area contributed by atoms with Crippen LogP contribution in [0, 0.1) is 0 Å². The topological polar surface area (TPSA) is 26.3 Å². The minimum absolute atomic E-state index is 0.461. The number of rotatable bonds is 6. The van der Waals surface area contributed by atoms with Crippen LogP contribution in [0.25, 0.3) is 0 Å². The van der Waals surface area contributed by atoms with E-state index >= 15 is 0 Å². The lowest BCUT2D eigenvalue weighted by atomic mass is 9.84. The van der Waals surface area contributed by atoms with Crippen molar-refractivity contribution in [3.8, 4) is 0 Å². The zero-order valence-electron chi connectivity index (χ0n) is 13.7. The molecule has 0 fully saturated rings. The van der Waals surface area contributed by atoms with Crippen molar-refractivity contribution in [3.63, 3.8) is 0 Å². The molecule has 0 aliphatic heterocycles. The van der Waals surface area contributed by atoms with Gasteiger partial charge < -0.3 is 4.18 Å². The predicted octanol–water partition coefficient (Wildman–Crippen LogP) is 5.36. The molecule has 0 radical (unpaired) electrons. The summed E-state index contributed by atoms with van der Waals surface area (Å²) in [6.45, 7) is 3.49. The number of carbonyl (C=O) groups excluding carboxylic acids is 1. The van der Waals surface area contributed by atoms with Gasteiger partial charge in [0.15, 0.2) is 0 Å². The van der Waals surface area contributed by atoms with Gasteiger partial charge in [-0.3, -0.25) is 0 Å². The molecule has 0 N–H and O–H groups in total. The average Bonchev–Trinajstić information content (AvgIpc) is 2.71. The molecule has 0 bridgehead atoms. The van der Waals surface area contributed by atoms with Gasteiger partial charge in [-0.05, 0) is 16.7 Å². The van der Waals surface area contributed by atoms with Crippen LogP contribution in [-0.4, -0.2) is 5.97 Å². The second kappa shape index (κ2) is 7.86. The minimum Gasteiger partial charge on any atom is -0.387 e. The Morgan fingerprint density at radius 2 is 1.12 bits per heavy atom. The molecule has 0 saturated carbocycles. The van der Waals surface area contributed by atoms with E-state index in [1.165, 1.54) is 6.08 Å². The van der Waals surface area contributed by atoms with E-state index in [1.807, 2.05) is 54.6 Å². The molecule has 3 heteroatoms. The molecule has 0 saturated heterocycles. The maximum atomic E-state index is 11.8. The standard InChI is InChI=1S/C22H18O2S/c1-2-21(23)24-25-22(18-12-6-3-7-13-18,19-14-8-4-9-15-19)20-16-10-5-11-17-20/h2-17H,1H2. The van der Waals surface area contributed by atoms with Gasteiger partial charge >= 0.3 is 5.97 Å². The molecule has 0 atom stereocenters. The lowest BCUT2D eigenvalue weighted by Gasteiger charge is -2.33. The van der Waals surface area contributed by atoms with E-state index in [0.717, 1.165) is 28.7 Å². The molecule has 0 aromatic heterocycles. The third-order valence-corrected chi connectivity index (χ3v) is 5.16. The van der Waals surface area contributed by atoms with Crippen molar-refractivity contribution in [1.82, 2.24) is 0 Å². The highest BCUT2D eigenvalue weighted by atomic mass is 32.2. The summed E-state index contributed by atoms with van der Waals surface area (Å²) in [7, 11) is 0. The first-order chi connectivity index (χ1) is 12.3. The quantitative estimate of drug-likeness (QED) is 0.342. The number of carbonyl (C=O) groups is 1. The summed E-state index contributed by atoms with van der Waals surface area (Å²) in [5.41, 5.74) is 3.11. The maximum Gasteiger partial charge on any atom is 0.342 e. The molecule has 25 heavy (non-hydrogen) atoms. The fourth-order valence-corrected chi connectivity index (χ4v) is 3.77. The van der Waals surface area contributed by atoms with Crippen LogP contribution in [-0.2, 0) is 13.7 Å². The van der Waals surface area contributed by atoms with Gasteiger partial charge in [0.2, 0.25) is 0 Å². The molecule has 2 nitrogen and oxygen atoms in total. The fraction of sp³-hybridized carbons (Fsp3) is 0.0455. The lowest BCUT2D eigenvalue weighted by Crippen LogP contribution is -2.26. The van der Waals surface area contributed by atoms with Crippen LogP contribution in [0.5, 0.6) is 0 Å². The Morgan fingerprint density at radius 3 is 1.44 bits per heavy atom. The first-order valence-electron chi connectivity index (χ1n) is 7.96. The first kappa shape index (κ1) is 17.1. The summed E-state index contributed by atoms with van der Waals surface area (Å²) in [6, 6.07) is 30.2. The highest BCUT2D eigenvalue weighted by Gasteiger charge is 2.39. The molecule has 3 aromatic rings. The molecule has 0 unspecified atom stereocenters. The first-order valence-corrected chi connectivity index (χ1v) is 8.70. The van der Waals surface area contributed by atoms with Gasteiger partial charge in [-0.2, -0.15) is 0 Å². The maximum absolute atomic E-state index is 11.8. The Morgan fingerprint density at radius 1 is 0.760 bits per heavy atom. The summed E-state index contributed by atoms with van der Waals surface area (Å²) >= 11 is 1.14. The SMILES string of the molecule is C=CC(=O)OSC(c1ccccc1)(c1ccccc1)c1ccccc1. The van der Waals surface area contributed by atoms with E-state index in [2.05, 4.69) is 43.0 Å². The van der Waals surface area contributed by atoms with E-state index < -0.39 is 10.7 Å². The van der Waals surface area contributed by atoms with Crippen molar-refractivity contribution in [3.05, 3.63) is 120 Å². The van der Waals surface area contributed by atoms with Crippen molar-refractivity contribution in [1.29, 1.82) is 0 Å². The number of hydrogen-bond donors (Lipinski definition) is 0. The van der Waals surface area contributed by atoms with Crippen LogP contribution < -0.4 is 0 Å². The Kier molecular flexibility index (Phi) is 5.36. The Balaban J connectivity index is 2.23. The molecule has 0 aliphatic rings. The predicted molar refractivity (Wildman–Crippen MR) is 103 cm³/mol. The van der Waals surface area contributed by atoms with Gasteiger partial charge in [0.05, 0.1) is 12.0 Å². The lowest BCUT2D eigenvalue weighted by molar-refractivity contribution is -0.127. The third-order valence-electron chi connectivity index (χ3n) is 3.96.